The Hall–Kier alpha value is -3.82. The fourth-order valence-electron chi connectivity index (χ4n) is 2.37. The second kappa shape index (κ2) is 7.60. The van der Waals surface area contributed by atoms with E-state index in [2.05, 4.69) is 20.6 Å². The highest BCUT2D eigenvalue weighted by Crippen LogP contribution is 2.06. The van der Waals surface area contributed by atoms with E-state index < -0.39 is 28.9 Å². The van der Waals surface area contributed by atoms with Crippen LogP contribution < -0.4 is 21.9 Å². The van der Waals surface area contributed by atoms with Gasteiger partial charge in [0.05, 0.1) is 16.5 Å². The maximum absolute atomic E-state index is 13.5. The lowest BCUT2D eigenvalue weighted by atomic mass is 10.2. The molecule has 0 aliphatic rings. The van der Waals surface area contributed by atoms with Crippen LogP contribution in [-0.4, -0.2) is 39.9 Å². The second-order valence-corrected chi connectivity index (χ2v) is 5.52. The molecule has 0 spiro atoms. The minimum Gasteiger partial charge on any atom is -0.350 e. The molecule has 0 bridgehead atoms. The van der Waals surface area contributed by atoms with E-state index >= 15 is 0 Å². The minimum absolute atomic E-state index is 0.0649. The number of aromatic nitrogens is 3. The Morgan fingerprint density at radius 2 is 1.74 bits per heavy atom. The molecule has 0 radical (unpaired) electrons. The highest BCUT2D eigenvalue weighted by molar-refractivity contribution is 5.97. The molecule has 2 heterocycles. The summed E-state index contributed by atoms with van der Waals surface area (Å²) < 4.78 is 13.5. The van der Waals surface area contributed by atoms with Crippen molar-refractivity contribution >= 4 is 22.8 Å². The zero-order chi connectivity index (χ0) is 19.4. The van der Waals surface area contributed by atoms with Crippen LogP contribution in [0.1, 0.15) is 20.7 Å². The predicted octanol–water partition coefficient (Wildman–Crippen LogP) is -0.0897. The second-order valence-electron chi connectivity index (χ2n) is 5.52. The molecule has 0 fully saturated rings. The van der Waals surface area contributed by atoms with E-state index in [4.69, 9.17) is 0 Å². The number of fused-ring (bicyclic) bond motifs is 1. The van der Waals surface area contributed by atoms with Crippen LogP contribution in [0.3, 0.4) is 0 Å². The maximum atomic E-state index is 13.5. The van der Waals surface area contributed by atoms with E-state index in [1.807, 2.05) is 4.98 Å². The van der Waals surface area contributed by atoms with Crippen LogP contribution in [0.4, 0.5) is 4.39 Å². The highest BCUT2D eigenvalue weighted by atomic mass is 19.1. The molecule has 27 heavy (non-hydrogen) atoms. The van der Waals surface area contributed by atoms with Gasteiger partial charge in [-0.15, -0.1) is 0 Å². The van der Waals surface area contributed by atoms with Crippen LogP contribution >= 0.6 is 0 Å². The summed E-state index contributed by atoms with van der Waals surface area (Å²) in [6, 6.07) is 6.85. The van der Waals surface area contributed by atoms with Crippen molar-refractivity contribution in [3.8, 4) is 0 Å². The predicted molar refractivity (Wildman–Crippen MR) is 94.1 cm³/mol. The molecule has 2 amide bonds. The number of hydrogen-bond donors (Lipinski definition) is 4. The smallest absolute Gasteiger partial charge is 0.327 e. The van der Waals surface area contributed by atoms with Gasteiger partial charge >= 0.3 is 5.69 Å². The molecule has 9 nitrogen and oxygen atoms in total. The van der Waals surface area contributed by atoms with Crippen molar-refractivity contribution in [3.05, 3.63) is 74.3 Å². The Morgan fingerprint density at radius 3 is 2.48 bits per heavy atom. The maximum Gasteiger partial charge on any atom is 0.327 e. The van der Waals surface area contributed by atoms with Crippen LogP contribution in [0, 0.1) is 5.82 Å². The van der Waals surface area contributed by atoms with Gasteiger partial charge in [-0.05, 0) is 18.2 Å². The first-order chi connectivity index (χ1) is 13.0. The number of rotatable bonds is 5. The summed E-state index contributed by atoms with van der Waals surface area (Å²) in [7, 11) is 0. The first kappa shape index (κ1) is 18.0. The van der Waals surface area contributed by atoms with Crippen LogP contribution in [0.2, 0.25) is 0 Å². The van der Waals surface area contributed by atoms with E-state index in [9.17, 15) is 23.6 Å². The fraction of sp³-hybridized carbons (Fsp3) is 0.118. The number of H-pyrrole nitrogens is 2. The minimum atomic E-state index is -0.692. The van der Waals surface area contributed by atoms with Crippen LogP contribution in [0.5, 0.6) is 0 Å². The lowest BCUT2D eigenvalue weighted by Crippen LogP contribution is -2.35. The first-order valence-corrected chi connectivity index (χ1v) is 7.89. The van der Waals surface area contributed by atoms with Crippen molar-refractivity contribution in [2.75, 3.05) is 13.1 Å². The molecule has 2 aromatic heterocycles. The first-order valence-electron chi connectivity index (χ1n) is 7.89. The molecule has 0 atom stereocenters. The summed E-state index contributed by atoms with van der Waals surface area (Å²) in [5.41, 5.74) is -1.26. The van der Waals surface area contributed by atoms with Gasteiger partial charge in [0, 0.05) is 19.3 Å². The molecule has 10 heteroatoms. The number of carbonyl (C=O) groups excluding carboxylic acids is 2. The van der Waals surface area contributed by atoms with Crippen molar-refractivity contribution in [1.29, 1.82) is 0 Å². The molecule has 138 valence electrons. The number of amides is 2. The summed E-state index contributed by atoms with van der Waals surface area (Å²) in [5, 5.41) is 5.10. The van der Waals surface area contributed by atoms with Crippen LogP contribution in [-0.2, 0) is 0 Å². The quantitative estimate of drug-likeness (QED) is 0.465. The zero-order valence-electron chi connectivity index (χ0n) is 13.8. The third-order valence-electron chi connectivity index (χ3n) is 3.67. The van der Waals surface area contributed by atoms with Gasteiger partial charge in [-0.2, -0.15) is 0 Å². The lowest BCUT2D eigenvalue weighted by Gasteiger charge is -2.08. The van der Waals surface area contributed by atoms with Gasteiger partial charge in [-0.1, -0.05) is 12.1 Å². The van der Waals surface area contributed by atoms with Gasteiger partial charge in [0.2, 0.25) is 0 Å². The molecule has 0 saturated carbocycles. The molecule has 4 N–H and O–H groups in total. The molecule has 1 aromatic carbocycles. The van der Waals surface area contributed by atoms with Gasteiger partial charge in [0.15, 0.2) is 0 Å². The normalized spacial score (nSPS) is 10.6. The summed E-state index contributed by atoms with van der Waals surface area (Å²) >= 11 is 0. The van der Waals surface area contributed by atoms with E-state index in [-0.39, 0.29) is 35.2 Å². The largest absolute Gasteiger partial charge is 0.350 e. The molecular weight excluding hydrogens is 357 g/mol. The van der Waals surface area contributed by atoms with Gasteiger partial charge in [-0.3, -0.25) is 24.4 Å². The SMILES string of the molecule is O=C(NCCNC(=O)c1ccccc1F)c1cnc2[nH]c(=O)[nH]c(=O)c2c1. The number of carbonyl (C=O) groups is 2. The molecule has 0 aliphatic heterocycles. The Labute approximate surface area is 150 Å². The zero-order valence-corrected chi connectivity index (χ0v) is 13.8. The Bertz CT molecular complexity index is 1140. The van der Waals surface area contributed by atoms with Crippen LogP contribution in [0.25, 0.3) is 11.0 Å². The van der Waals surface area contributed by atoms with Crippen LogP contribution in [0.15, 0.2) is 46.1 Å². The Morgan fingerprint density at radius 1 is 1.04 bits per heavy atom. The molecular formula is C17H14FN5O4. The monoisotopic (exact) mass is 371 g/mol. The summed E-state index contributed by atoms with van der Waals surface area (Å²) in [4.78, 5) is 55.2. The van der Waals surface area contributed by atoms with E-state index in [1.54, 1.807) is 6.07 Å². The number of aromatic amines is 2. The summed E-state index contributed by atoms with van der Waals surface area (Å²) in [6.07, 6.45) is 1.21. The third-order valence-corrected chi connectivity index (χ3v) is 3.67. The van der Waals surface area contributed by atoms with Gasteiger partial charge < -0.3 is 10.6 Å². The van der Waals surface area contributed by atoms with E-state index in [0.717, 1.165) is 0 Å². The van der Waals surface area contributed by atoms with E-state index in [1.165, 1.54) is 30.5 Å². The third kappa shape index (κ3) is 4.06. The number of hydrogen-bond acceptors (Lipinski definition) is 5. The highest BCUT2D eigenvalue weighted by Gasteiger charge is 2.11. The molecule has 3 rings (SSSR count). The number of pyridine rings is 1. The van der Waals surface area contributed by atoms with Gasteiger partial charge in [0.1, 0.15) is 11.5 Å². The number of nitrogens with zero attached hydrogens (tertiary/aromatic N) is 1. The van der Waals surface area contributed by atoms with Crippen molar-refractivity contribution < 1.29 is 14.0 Å². The number of benzene rings is 1. The Kier molecular flexibility index (Phi) is 5.06. The molecule has 0 saturated heterocycles. The Balaban J connectivity index is 1.59. The van der Waals surface area contributed by atoms with Crippen molar-refractivity contribution in [3.63, 3.8) is 0 Å². The standard InChI is InChI=1S/C17H14FN5O4/c18-12-4-2-1-3-10(12)15(25)20-6-5-19-14(24)9-7-11-13(21-8-9)22-17(27)23-16(11)26/h1-4,7-8H,5-6H2,(H,19,24)(H,20,25)(H2,21,22,23,26,27). The summed E-state index contributed by atoms with van der Waals surface area (Å²) in [5.74, 6) is -1.75. The fourth-order valence-corrected chi connectivity index (χ4v) is 2.37. The number of halogens is 1. The number of nitrogens with one attached hydrogen (secondary N) is 4. The lowest BCUT2D eigenvalue weighted by molar-refractivity contribution is 0.0925. The van der Waals surface area contributed by atoms with Gasteiger partial charge in [0.25, 0.3) is 17.4 Å². The average molecular weight is 371 g/mol. The van der Waals surface area contributed by atoms with E-state index in [0.29, 0.717) is 0 Å². The molecule has 3 aromatic rings. The van der Waals surface area contributed by atoms with Gasteiger partial charge in [-0.25, -0.2) is 14.2 Å². The average Bonchev–Trinajstić information content (AvgIpc) is 2.65. The van der Waals surface area contributed by atoms with Crippen molar-refractivity contribution in [1.82, 2.24) is 25.6 Å². The molecule has 0 unspecified atom stereocenters. The van der Waals surface area contributed by atoms with Crippen molar-refractivity contribution in [2.45, 2.75) is 0 Å². The topological polar surface area (TPSA) is 137 Å². The van der Waals surface area contributed by atoms with Crippen molar-refractivity contribution in [2.24, 2.45) is 0 Å². The molecule has 0 aliphatic carbocycles. The summed E-state index contributed by atoms with van der Waals surface area (Å²) in [6.45, 7) is 0.160.